The number of fused-ring (bicyclic) bond motifs is 1. The molecule has 0 atom stereocenters. The Labute approximate surface area is 100 Å². The Morgan fingerprint density at radius 2 is 1.94 bits per heavy atom. The summed E-state index contributed by atoms with van der Waals surface area (Å²) in [5.41, 5.74) is 1.77. The fraction of sp³-hybridized carbons (Fsp3) is 0.500. The average molecular weight is 233 g/mol. The van der Waals surface area contributed by atoms with Crippen molar-refractivity contribution in [3.63, 3.8) is 0 Å². The molecule has 17 heavy (non-hydrogen) atoms. The van der Waals surface area contributed by atoms with Crippen LogP contribution >= 0.6 is 0 Å². The van der Waals surface area contributed by atoms with E-state index in [1.54, 1.807) is 6.07 Å². The van der Waals surface area contributed by atoms with Gasteiger partial charge in [0, 0.05) is 12.0 Å². The van der Waals surface area contributed by atoms with Crippen molar-refractivity contribution in [1.29, 1.82) is 0 Å². The summed E-state index contributed by atoms with van der Waals surface area (Å²) >= 11 is 0. The molecule has 1 aromatic rings. The van der Waals surface area contributed by atoms with Gasteiger partial charge in [0.25, 0.3) is 0 Å². The number of piperidine rings is 1. The molecular weight excluding hydrogens is 217 g/mol. The number of ketones is 1. The van der Waals surface area contributed by atoms with Crippen LogP contribution in [0, 0.1) is 11.2 Å². The molecule has 1 N–H and O–H groups in total. The Kier molecular flexibility index (Phi) is 2.51. The number of Topliss-reactive ketones (excluding diaryl/α,β-unsaturated/α-hetero) is 1. The lowest BCUT2D eigenvalue weighted by Gasteiger charge is -2.40. The van der Waals surface area contributed by atoms with Gasteiger partial charge in [-0.15, -0.1) is 0 Å². The molecule has 90 valence electrons. The van der Waals surface area contributed by atoms with E-state index in [1.165, 1.54) is 12.1 Å². The van der Waals surface area contributed by atoms with E-state index in [1.807, 2.05) is 0 Å². The van der Waals surface area contributed by atoms with Crippen molar-refractivity contribution in [2.75, 3.05) is 13.1 Å². The molecule has 2 nitrogen and oxygen atoms in total. The second-order valence-electron chi connectivity index (χ2n) is 5.33. The van der Waals surface area contributed by atoms with Crippen LogP contribution < -0.4 is 5.32 Å². The largest absolute Gasteiger partial charge is 0.317 e. The molecule has 1 aromatic carbocycles. The Balaban J connectivity index is 1.97. The third-order valence-corrected chi connectivity index (χ3v) is 4.14. The normalized spacial score (nSPS) is 22.5. The molecule has 1 fully saturated rings. The highest BCUT2D eigenvalue weighted by molar-refractivity contribution is 5.99. The molecule has 1 heterocycles. The van der Waals surface area contributed by atoms with Gasteiger partial charge in [0.15, 0.2) is 5.78 Å². The van der Waals surface area contributed by atoms with Crippen LogP contribution in [0.15, 0.2) is 18.2 Å². The highest BCUT2D eigenvalue weighted by atomic mass is 19.1. The average Bonchev–Trinajstić information content (AvgIpc) is 2.31. The monoisotopic (exact) mass is 233 g/mol. The number of carbonyl (C=O) groups excluding carboxylic acids is 1. The van der Waals surface area contributed by atoms with Gasteiger partial charge in [-0.1, -0.05) is 6.07 Å². The molecule has 1 saturated heterocycles. The summed E-state index contributed by atoms with van der Waals surface area (Å²) in [5.74, 6) is -0.189. The Hall–Kier alpha value is -1.22. The van der Waals surface area contributed by atoms with E-state index in [0.29, 0.717) is 12.0 Å². The lowest BCUT2D eigenvalue weighted by Crippen LogP contribution is -2.42. The maximum atomic E-state index is 13.1. The minimum absolute atomic E-state index is 0.118. The van der Waals surface area contributed by atoms with Gasteiger partial charge in [-0.3, -0.25) is 4.79 Å². The zero-order valence-corrected chi connectivity index (χ0v) is 9.76. The summed E-state index contributed by atoms with van der Waals surface area (Å²) in [7, 11) is 0. The van der Waals surface area contributed by atoms with Crippen LogP contribution in [-0.2, 0) is 6.42 Å². The number of hydrogen-bond acceptors (Lipinski definition) is 2. The molecule has 3 heteroatoms. The summed E-state index contributed by atoms with van der Waals surface area (Å²) in [4.78, 5) is 12.1. The number of nitrogens with one attached hydrogen (secondary N) is 1. The number of rotatable bonds is 0. The van der Waals surface area contributed by atoms with E-state index in [2.05, 4.69) is 5.32 Å². The van der Waals surface area contributed by atoms with Crippen molar-refractivity contribution >= 4 is 5.78 Å². The summed E-state index contributed by atoms with van der Waals surface area (Å²) in [6, 6.07) is 4.64. The first kappa shape index (κ1) is 10.9. The first-order valence-electron chi connectivity index (χ1n) is 6.21. The fourth-order valence-electron chi connectivity index (χ4n) is 3.18. The summed E-state index contributed by atoms with van der Waals surface area (Å²) in [5, 5.41) is 3.33. The predicted octanol–water partition coefficient (Wildman–Crippen LogP) is 2.32. The van der Waals surface area contributed by atoms with Gasteiger partial charge in [0.2, 0.25) is 0 Å². The predicted molar refractivity (Wildman–Crippen MR) is 63.6 cm³/mol. The molecule has 1 spiro atoms. The smallest absolute Gasteiger partial charge is 0.163 e. The van der Waals surface area contributed by atoms with Crippen LogP contribution in [0.5, 0.6) is 0 Å². The maximum Gasteiger partial charge on any atom is 0.163 e. The Morgan fingerprint density at radius 3 is 2.71 bits per heavy atom. The third kappa shape index (κ3) is 1.89. The Morgan fingerprint density at radius 1 is 1.18 bits per heavy atom. The zero-order chi connectivity index (χ0) is 11.9. The Bertz CT molecular complexity index is 463. The third-order valence-electron chi connectivity index (χ3n) is 4.14. The second-order valence-corrected chi connectivity index (χ2v) is 5.33. The molecule has 0 unspecified atom stereocenters. The van der Waals surface area contributed by atoms with Crippen LogP contribution in [0.2, 0.25) is 0 Å². The lowest BCUT2D eigenvalue weighted by molar-refractivity contribution is 0.0835. The fourth-order valence-corrected chi connectivity index (χ4v) is 3.18. The highest BCUT2D eigenvalue weighted by Gasteiger charge is 2.39. The molecule has 0 radical (unpaired) electrons. The van der Waals surface area contributed by atoms with Gasteiger partial charge in [0.05, 0.1) is 0 Å². The summed E-state index contributed by atoms with van der Waals surface area (Å²) in [6.07, 6.45) is 3.62. The maximum absolute atomic E-state index is 13.1. The topological polar surface area (TPSA) is 29.1 Å². The van der Waals surface area contributed by atoms with Crippen LogP contribution in [-0.4, -0.2) is 18.9 Å². The quantitative estimate of drug-likeness (QED) is 0.745. The highest BCUT2D eigenvalue weighted by Crippen LogP contribution is 2.42. The van der Waals surface area contributed by atoms with E-state index in [4.69, 9.17) is 0 Å². The van der Waals surface area contributed by atoms with Crippen LogP contribution in [0.4, 0.5) is 4.39 Å². The van der Waals surface area contributed by atoms with E-state index in [-0.39, 0.29) is 17.0 Å². The van der Waals surface area contributed by atoms with Crippen LogP contribution in [0.3, 0.4) is 0 Å². The van der Waals surface area contributed by atoms with Gasteiger partial charge < -0.3 is 5.32 Å². The van der Waals surface area contributed by atoms with Crippen molar-refractivity contribution in [2.24, 2.45) is 5.41 Å². The van der Waals surface area contributed by atoms with Gasteiger partial charge >= 0.3 is 0 Å². The van der Waals surface area contributed by atoms with Crippen molar-refractivity contribution in [2.45, 2.75) is 25.7 Å². The van der Waals surface area contributed by atoms with Crippen LogP contribution in [0.1, 0.15) is 35.2 Å². The van der Waals surface area contributed by atoms with E-state index >= 15 is 0 Å². The van der Waals surface area contributed by atoms with E-state index in [9.17, 15) is 9.18 Å². The summed E-state index contributed by atoms with van der Waals surface area (Å²) < 4.78 is 13.1. The molecule has 0 aromatic heterocycles. The molecule has 1 aliphatic heterocycles. The lowest BCUT2D eigenvalue weighted by atomic mass is 9.66. The molecule has 3 rings (SSSR count). The molecule has 0 bridgehead atoms. The van der Waals surface area contributed by atoms with E-state index in [0.717, 1.165) is 37.9 Å². The standard InChI is InChI=1S/C14H16FNO/c15-11-2-1-10-8-14(3-5-16-6-4-14)9-13(17)12(10)7-11/h1-2,7,16H,3-6,8-9H2. The minimum Gasteiger partial charge on any atom is -0.317 e. The molecule has 0 saturated carbocycles. The van der Waals surface area contributed by atoms with Crippen LogP contribution in [0.25, 0.3) is 0 Å². The molecule has 2 aliphatic rings. The second kappa shape index (κ2) is 3.91. The number of benzene rings is 1. The molecular formula is C14H16FNO. The first-order chi connectivity index (χ1) is 8.19. The molecule has 0 amide bonds. The van der Waals surface area contributed by atoms with Crippen molar-refractivity contribution in [3.8, 4) is 0 Å². The van der Waals surface area contributed by atoms with Crippen molar-refractivity contribution < 1.29 is 9.18 Å². The van der Waals surface area contributed by atoms with Gasteiger partial charge in [-0.25, -0.2) is 4.39 Å². The van der Waals surface area contributed by atoms with Crippen molar-refractivity contribution in [3.05, 3.63) is 35.1 Å². The molecule has 1 aliphatic carbocycles. The number of halogens is 1. The summed E-state index contributed by atoms with van der Waals surface area (Å²) in [6.45, 7) is 1.98. The number of carbonyl (C=O) groups is 1. The van der Waals surface area contributed by atoms with E-state index < -0.39 is 0 Å². The SMILES string of the molecule is O=C1CC2(CCNCC2)Cc2ccc(F)cc21. The minimum atomic E-state index is -0.307. The van der Waals surface area contributed by atoms with Crippen molar-refractivity contribution in [1.82, 2.24) is 5.32 Å². The van der Waals surface area contributed by atoms with Gasteiger partial charge in [-0.2, -0.15) is 0 Å². The number of hydrogen-bond donors (Lipinski definition) is 1. The van der Waals surface area contributed by atoms with Gasteiger partial charge in [-0.05, 0) is 55.5 Å². The first-order valence-corrected chi connectivity index (χ1v) is 6.21. The zero-order valence-electron chi connectivity index (χ0n) is 9.76. The van der Waals surface area contributed by atoms with Gasteiger partial charge in [0.1, 0.15) is 5.82 Å².